The lowest BCUT2D eigenvalue weighted by atomic mass is 9.80. The summed E-state index contributed by atoms with van der Waals surface area (Å²) < 4.78 is 7.07. The van der Waals surface area contributed by atoms with Crippen LogP contribution < -0.4 is 0 Å². The number of benzene rings is 5. The molecule has 194 valence electrons. The second-order valence-corrected chi connectivity index (χ2v) is 10.3. The smallest absolute Gasteiger partial charge is 0.222 e. The minimum absolute atomic E-state index is 0.0356. The Balaban J connectivity index is 1.28. The van der Waals surface area contributed by atoms with E-state index in [1.54, 1.807) is 0 Å². The molecule has 0 spiro atoms. The fourth-order valence-electron chi connectivity index (χ4n) is 5.91. The third-order valence-electron chi connectivity index (χ3n) is 7.94. The summed E-state index contributed by atoms with van der Waals surface area (Å²) in [5.74, 6) is 0.217. The number of amides is 1. The van der Waals surface area contributed by atoms with Gasteiger partial charge in [-0.2, -0.15) is 0 Å². The van der Waals surface area contributed by atoms with Crippen molar-refractivity contribution >= 4 is 16.7 Å². The zero-order chi connectivity index (χ0) is 26.5. The van der Waals surface area contributed by atoms with Gasteiger partial charge in [0.1, 0.15) is 5.60 Å². The Morgan fingerprint density at radius 2 is 1.21 bits per heavy atom. The highest BCUT2D eigenvalue weighted by Crippen LogP contribution is 2.41. The Morgan fingerprint density at radius 1 is 0.667 bits per heavy atom. The first-order chi connectivity index (χ1) is 19.2. The van der Waals surface area contributed by atoms with Gasteiger partial charge >= 0.3 is 0 Å². The van der Waals surface area contributed by atoms with Crippen LogP contribution in [0.1, 0.15) is 35.1 Å². The summed E-state index contributed by atoms with van der Waals surface area (Å²) >= 11 is 0. The summed E-state index contributed by atoms with van der Waals surface area (Å²) in [6.07, 6.45) is 2.21. The second kappa shape index (κ2) is 11.3. The van der Waals surface area contributed by atoms with E-state index >= 15 is 0 Å². The van der Waals surface area contributed by atoms with E-state index in [-0.39, 0.29) is 11.9 Å². The van der Waals surface area contributed by atoms with Gasteiger partial charge in [-0.15, -0.1) is 0 Å². The predicted molar refractivity (Wildman–Crippen MR) is 158 cm³/mol. The molecule has 5 aromatic carbocycles. The molecular weight excluding hydrogens is 478 g/mol. The lowest BCUT2D eigenvalue weighted by Gasteiger charge is -2.38. The van der Waals surface area contributed by atoms with E-state index in [0.717, 1.165) is 29.5 Å². The molecule has 1 saturated heterocycles. The van der Waals surface area contributed by atoms with Gasteiger partial charge in [-0.05, 0) is 45.9 Å². The summed E-state index contributed by atoms with van der Waals surface area (Å²) in [5, 5.41) is 2.48. The molecule has 39 heavy (non-hydrogen) atoms. The molecule has 0 N–H and O–H groups in total. The maximum absolute atomic E-state index is 13.0. The second-order valence-electron chi connectivity index (χ2n) is 10.3. The molecule has 3 nitrogen and oxygen atoms in total. The van der Waals surface area contributed by atoms with Crippen LogP contribution in [0.4, 0.5) is 0 Å². The van der Waals surface area contributed by atoms with E-state index in [1.165, 1.54) is 16.3 Å². The van der Waals surface area contributed by atoms with Crippen LogP contribution in [0.3, 0.4) is 0 Å². The first-order valence-corrected chi connectivity index (χ1v) is 13.8. The summed E-state index contributed by atoms with van der Waals surface area (Å²) in [6.45, 7) is 1.16. The van der Waals surface area contributed by atoms with E-state index < -0.39 is 5.60 Å². The predicted octanol–water partition coefficient (Wildman–Crippen LogP) is 7.38. The summed E-state index contributed by atoms with van der Waals surface area (Å²) in [4.78, 5) is 15.1. The van der Waals surface area contributed by atoms with Crippen molar-refractivity contribution in [1.82, 2.24) is 4.90 Å². The number of fused-ring (bicyclic) bond motifs is 1. The van der Waals surface area contributed by atoms with Crippen molar-refractivity contribution in [2.24, 2.45) is 0 Å². The van der Waals surface area contributed by atoms with Gasteiger partial charge in [-0.1, -0.05) is 133 Å². The van der Waals surface area contributed by atoms with Crippen molar-refractivity contribution in [2.45, 2.75) is 30.9 Å². The third kappa shape index (κ3) is 5.10. The van der Waals surface area contributed by atoms with Gasteiger partial charge in [-0.25, -0.2) is 0 Å². The topological polar surface area (TPSA) is 29.5 Å². The molecule has 0 aliphatic carbocycles. The number of hydrogen-bond donors (Lipinski definition) is 0. The molecule has 1 heterocycles. The molecule has 1 fully saturated rings. The maximum Gasteiger partial charge on any atom is 0.222 e. The van der Waals surface area contributed by atoms with Crippen molar-refractivity contribution in [3.05, 3.63) is 156 Å². The van der Waals surface area contributed by atoms with Crippen molar-refractivity contribution < 1.29 is 9.53 Å². The van der Waals surface area contributed by atoms with Crippen LogP contribution in [0.5, 0.6) is 0 Å². The van der Waals surface area contributed by atoms with Crippen molar-refractivity contribution in [3.63, 3.8) is 0 Å². The van der Waals surface area contributed by atoms with Crippen LogP contribution >= 0.6 is 0 Å². The Labute approximate surface area is 230 Å². The van der Waals surface area contributed by atoms with Crippen molar-refractivity contribution in [2.75, 3.05) is 13.2 Å². The van der Waals surface area contributed by atoms with Gasteiger partial charge in [0.25, 0.3) is 0 Å². The fourth-order valence-corrected chi connectivity index (χ4v) is 5.91. The number of nitrogens with zero attached hydrogens (tertiary/aromatic N) is 1. The summed E-state index contributed by atoms with van der Waals surface area (Å²) in [7, 11) is 0. The van der Waals surface area contributed by atoms with E-state index in [0.29, 0.717) is 19.6 Å². The largest absolute Gasteiger partial charge is 0.359 e. The minimum atomic E-state index is -0.778. The zero-order valence-corrected chi connectivity index (χ0v) is 22.1. The molecule has 3 heteroatoms. The van der Waals surface area contributed by atoms with E-state index in [1.807, 2.05) is 23.1 Å². The first-order valence-electron chi connectivity index (χ1n) is 13.8. The number of carbonyl (C=O) groups excluding carboxylic acids is 1. The highest BCUT2D eigenvalue weighted by molar-refractivity contribution is 5.83. The van der Waals surface area contributed by atoms with Gasteiger partial charge in [0, 0.05) is 13.0 Å². The van der Waals surface area contributed by atoms with E-state index in [9.17, 15) is 4.79 Å². The molecule has 5 aromatic rings. The van der Waals surface area contributed by atoms with Crippen molar-refractivity contribution in [1.29, 1.82) is 0 Å². The van der Waals surface area contributed by atoms with Crippen LogP contribution in [0.15, 0.2) is 133 Å². The molecule has 0 radical (unpaired) electrons. The number of rotatable bonds is 9. The standard InChI is InChI=1S/C36H33NO2/c38-35-23-22-34(37(35)25-24-28-20-21-29-12-10-11-13-30(29)26-28)27-39-36(31-14-4-1-5-15-31,32-16-6-2-7-17-32)33-18-8-3-9-19-33/h1-21,26,34H,22-25,27H2. The monoisotopic (exact) mass is 511 g/mol. The normalized spacial score (nSPS) is 15.6. The Kier molecular flexibility index (Phi) is 7.25. The average molecular weight is 512 g/mol. The minimum Gasteiger partial charge on any atom is -0.359 e. The van der Waals surface area contributed by atoms with Crippen LogP contribution in [-0.4, -0.2) is 30.0 Å². The highest BCUT2D eigenvalue weighted by Gasteiger charge is 2.40. The number of ether oxygens (including phenoxy) is 1. The maximum atomic E-state index is 13.0. The summed E-state index contributed by atoms with van der Waals surface area (Å²) in [6, 6.07) is 46.4. The zero-order valence-electron chi connectivity index (χ0n) is 22.1. The third-order valence-corrected chi connectivity index (χ3v) is 7.94. The first kappa shape index (κ1) is 25.1. The molecule has 1 aliphatic heterocycles. The van der Waals surface area contributed by atoms with E-state index in [2.05, 4.69) is 115 Å². The van der Waals surface area contributed by atoms with Crippen LogP contribution in [0, 0.1) is 0 Å². The average Bonchev–Trinajstić information content (AvgIpc) is 3.36. The number of hydrogen-bond acceptors (Lipinski definition) is 2. The quantitative estimate of drug-likeness (QED) is 0.193. The fraction of sp³-hybridized carbons (Fsp3) is 0.194. The Bertz CT molecular complexity index is 1440. The molecule has 1 amide bonds. The molecule has 1 aliphatic rings. The summed E-state index contributed by atoms with van der Waals surface area (Å²) in [5.41, 5.74) is 3.71. The van der Waals surface area contributed by atoms with E-state index in [4.69, 9.17) is 4.74 Å². The van der Waals surface area contributed by atoms with Crippen LogP contribution in [0.2, 0.25) is 0 Å². The molecule has 0 saturated carbocycles. The van der Waals surface area contributed by atoms with Gasteiger partial charge in [0.15, 0.2) is 0 Å². The van der Waals surface area contributed by atoms with Gasteiger partial charge in [-0.3, -0.25) is 4.79 Å². The SMILES string of the molecule is O=C1CCC(COC(c2ccccc2)(c2ccccc2)c2ccccc2)N1CCc1ccc2ccccc2c1. The van der Waals surface area contributed by atoms with Crippen LogP contribution in [0.25, 0.3) is 10.8 Å². The van der Waals surface area contributed by atoms with Crippen LogP contribution in [-0.2, 0) is 21.6 Å². The molecule has 0 bridgehead atoms. The number of likely N-dealkylation sites (tertiary alicyclic amines) is 1. The lowest BCUT2D eigenvalue weighted by molar-refractivity contribution is -0.130. The van der Waals surface area contributed by atoms with Gasteiger partial charge < -0.3 is 9.64 Å². The molecule has 6 rings (SSSR count). The van der Waals surface area contributed by atoms with Gasteiger partial charge in [0.2, 0.25) is 5.91 Å². The highest BCUT2D eigenvalue weighted by atomic mass is 16.5. The number of carbonyl (C=O) groups is 1. The molecular formula is C36H33NO2. The van der Waals surface area contributed by atoms with Crippen molar-refractivity contribution in [3.8, 4) is 0 Å². The lowest BCUT2D eigenvalue weighted by Crippen LogP contribution is -2.41. The Hall–Kier alpha value is -4.21. The molecule has 1 unspecified atom stereocenters. The Morgan fingerprint density at radius 3 is 1.79 bits per heavy atom. The molecule has 0 aromatic heterocycles. The molecule has 1 atom stereocenters. The van der Waals surface area contributed by atoms with Gasteiger partial charge in [0.05, 0.1) is 12.6 Å².